The second-order valence-corrected chi connectivity index (χ2v) is 5.78. The number of hydrogen-bond donors (Lipinski definition) is 0. The van der Waals surface area contributed by atoms with Crippen molar-refractivity contribution in [2.75, 3.05) is 0 Å². The van der Waals surface area contributed by atoms with Crippen molar-refractivity contribution in [3.05, 3.63) is 20.8 Å². The molecule has 1 aromatic rings. The lowest BCUT2D eigenvalue weighted by Crippen LogP contribution is -2.07. The van der Waals surface area contributed by atoms with Gasteiger partial charge >= 0.3 is 6.18 Å². The molecule has 0 aliphatic rings. The van der Waals surface area contributed by atoms with Crippen molar-refractivity contribution in [2.45, 2.75) is 24.4 Å². The lowest BCUT2D eigenvalue weighted by Gasteiger charge is -2.09. The minimum Gasteiger partial charge on any atom is -0.171 e. The van der Waals surface area contributed by atoms with Crippen LogP contribution in [0.3, 0.4) is 0 Å². The highest BCUT2D eigenvalue weighted by Crippen LogP contribution is 2.36. The Morgan fingerprint density at radius 2 is 2.07 bits per heavy atom. The smallest absolute Gasteiger partial charge is 0.171 e. The van der Waals surface area contributed by atoms with E-state index in [-0.39, 0.29) is 6.42 Å². The van der Waals surface area contributed by atoms with Gasteiger partial charge in [0.15, 0.2) is 0 Å². The maximum absolute atomic E-state index is 11.9. The topological polar surface area (TPSA) is 0 Å². The lowest BCUT2D eigenvalue weighted by molar-refractivity contribution is -0.135. The van der Waals surface area contributed by atoms with E-state index in [1.54, 1.807) is 12.1 Å². The fraction of sp³-hybridized carbons (Fsp3) is 0.500. The van der Waals surface area contributed by atoms with E-state index < -0.39 is 18.0 Å². The highest BCUT2D eigenvalue weighted by Gasteiger charge is 2.28. The molecule has 1 atom stereocenters. The van der Waals surface area contributed by atoms with Crippen LogP contribution < -0.4 is 0 Å². The Kier molecular flexibility index (Phi) is 4.28. The molecule has 0 spiro atoms. The Morgan fingerprint density at radius 1 is 1.43 bits per heavy atom. The van der Waals surface area contributed by atoms with E-state index in [1.807, 2.05) is 0 Å². The molecule has 80 valence electrons. The number of hydrogen-bond acceptors (Lipinski definition) is 1. The molecule has 0 aliphatic heterocycles. The molecular weight excluding hydrogens is 301 g/mol. The van der Waals surface area contributed by atoms with Crippen LogP contribution in [0.25, 0.3) is 0 Å². The van der Waals surface area contributed by atoms with E-state index in [4.69, 9.17) is 11.6 Å². The molecule has 6 heteroatoms. The number of rotatable bonds is 3. The van der Waals surface area contributed by atoms with Gasteiger partial charge in [-0.05, 0) is 34.5 Å². The van der Waals surface area contributed by atoms with Crippen LogP contribution in [0.5, 0.6) is 0 Å². The van der Waals surface area contributed by atoms with Gasteiger partial charge < -0.3 is 0 Å². The van der Waals surface area contributed by atoms with Gasteiger partial charge in [-0.15, -0.1) is 22.9 Å². The molecule has 0 aliphatic carbocycles. The van der Waals surface area contributed by atoms with Crippen molar-refractivity contribution >= 4 is 38.9 Å². The van der Waals surface area contributed by atoms with Crippen LogP contribution in [0.1, 0.15) is 23.1 Å². The normalized spacial score (nSPS) is 14.4. The zero-order valence-corrected chi connectivity index (χ0v) is 10.1. The van der Waals surface area contributed by atoms with E-state index in [0.29, 0.717) is 0 Å². The predicted molar refractivity (Wildman–Crippen MR) is 55.9 cm³/mol. The molecule has 0 radical (unpaired) electrons. The van der Waals surface area contributed by atoms with E-state index in [1.165, 1.54) is 11.3 Å². The van der Waals surface area contributed by atoms with Gasteiger partial charge in [-0.3, -0.25) is 0 Å². The summed E-state index contributed by atoms with van der Waals surface area (Å²) < 4.78 is 36.5. The average Bonchev–Trinajstić information content (AvgIpc) is 2.46. The fourth-order valence-corrected chi connectivity index (χ4v) is 2.68. The maximum Gasteiger partial charge on any atom is 0.389 e. The fourth-order valence-electron chi connectivity index (χ4n) is 0.929. The van der Waals surface area contributed by atoms with Crippen molar-refractivity contribution in [1.29, 1.82) is 0 Å². The quantitative estimate of drug-likeness (QED) is 0.679. The molecule has 0 saturated heterocycles. The second-order valence-electron chi connectivity index (χ2n) is 2.76. The number of alkyl halides is 4. The molecule has 0 nitrogen and oxygen atoms in total. The Bertz CT molecular complexity index is 297. The second kappa shape index (κ2) is 4.86. The average molecular weight is 308 g/mol. The van der Waals surface area contributed by atoms with Crippen molar-refractivity contribution in [3.8, 4) is 0 Å². The summed E-state index contributed by atoms with van der Waals surface area (Å²) in [5.41, 5.74) is 0. The minimum absolute atomic E-state index is 0.0714. The van der Waals surface area contributed by atoms with Crippen molar-refractivity contribution in [3.63, 3.8) is 0 Å². The predicted octanol–water partition coefficient (Wildman–Crippen LogP) is 5.13. The lowest BCUT2D eigenvalue weighted by atomic mass is 10.2. The van der Waals surface area contributed by atoms with Gasteiger partial charge in [-0.2, -0.15) is 13.2 Å². The molecule has 14 heavy (non-hydrogen) atoms. The van der Waals surface area contributed by atoms with Gasteiger partial charge in [0.1, 0.15) is 0 Å². The third-order valence-electron chi connectivity index (χ3n) is 1.58. The third-order valence-corrected chi connectivity index (χ3v) is 3.90. The van der Waals surface area contributed by atoms with Crippen LogP contribution in [0.4, 0.5) is 13.2 Å². The highest BCUT2D eigenvalue weighted by atomic mass is 79.9. The van der Waals surface area contributed by atoms with Gasteiger partial charge in [0.25, 0.3) is 0 Å². The summed E-state index contributed by atoms with van der Waals surface area (Å²) in [4.78, 5) is 0.766. The molecule has 0 amide bonds. The van der Waals surface area contributed by atoms with Crippen molar-refractivity contribution in [1.82, 2.24) is 0 Å². The SMILES string of the molecule is FC(F)(F)CCC(Cl)c1ccc(Br)s1. The molecule has 1 unspecified atom stereocenters. The Balaban J connectivity index is 2.47. The first-order chi connectivity index (χ1) is 6.38. The molecule has 1 heterocycles. The summed E-state index contributed by atoms with van der Waals surface area (Å²) in [5, 5.41) is -0.548. The summed E-state index contributed by atoms with van der Waals surface area (Å²) >= 11 is 10.4. The van der Waals surface area contributed by atoms with Crippen molar-refractivity contribution in [2.24, 2.45) is 0 Å². The van der Waals surface area contributed by atoms with Gasteiger partial charge in [-0.25, -0.2) is 0 Å². The molecule has 0 fully saturated rings. The summed E-state index contributed by atoms with van der Waals surface area (Å²) in [7, 11) is 0. The van der Waals surface area contributed by atoms with E-state index in [0.717, 1.165) is 8.66 Å². The standard InChI is InChI=1S/C8H7BrClF3S/c9-7-2-1-6(14-7)5(10)3-4-8(11,12)13/h1-2,5H,3-4H2. The molecule has 0 N–H and O–H groups in total. The molecule has 0 saturated carbocycles. The van der Waals surface area contributed by atoms with E-state index in [2.05, 4.69) is 15.9 Å². The van der Waals surface area contributed by atoms with Crippen molar-refractivity contribution < 1.29 is 13.2 Å². The van der Waals surface area contributed by atoms with Gasteiger partial charge in [0.2, 0.25) is 0 Å². The van der Waals surface area contributed by atoms with Crippen LogP contribution in [0, 0.1) is 0 Å². The van der Waals surface area contributed by atoms with Gasteiger partial charge in [0, 0.05) is 11.3 Å². The monoisotopic (exact) mass is 306 g/mol. The molecule has 0 bridgehead atoms. The Hall–Kier alpha value is 0.260. The molecule has 0 aromatic carbocycles. The van der Waals surface area contributed by atoms with E-state index >= 15 is 0 Å². The summed E-state index contributed by atoms with van der Waals surface area (Å²) in [5.74, 6) is 0. The van der Waals surface area contributed by atoms with Crippen LogP contribution in [-0.2, 0) is 0 Å². The zero-order valence-electron chi connectivity index (χ0n) is 6.94. The first kappa shape index (κ1) is 12.3. The molecule has 1 rings (SSSR count). The number of halogens is 5. The largest absolute Gasteiger partial charge is 0.389 e. The molecular formula is C8H7BrClF3S. The Labute approximate surface area is 97.2 Å². The van der Waals surface area contributed by atoms with Crippen LogP contribution >= 0.6 is 38.9 Å². The van der Waals surface area contributed by atoms with Gasteiger partial charge in [-0.1, -0.05) is 0 Å². The Morgan fingerprint density at radius 3 is 2.50 bits per heavy atom. The number of thiophene rings is 1. The minimum atomic E-state index is -4.12. The third kappa shape index (κ3) is 4.19. The van der Waals surface area contributed by atoms with Crippen LogP contribution in [-0.4, -0.2) is 6.18 Å². The first-order valence-electron chi connectivity index (χ1n) is 3.84. The first-order valence-corrected chi connectivity index (χ1v) is 5.89. The summed E-state index contributed by atoms with van der Waals surface area (Å²) in [6, 6.07) is 3.52. The zero-order chi connectivity index (χ0) is 10.8. The van der Waals surface area contributed by atoms with Gasteiger partial charge in [0.05, 0.1) is 9.16 Å². The maximum atomic E-state index is 11.9. The van der Waals surface area contributed by atoms with Crippen LogP contribution in [0.2, 0.25) is 0 Å². The summed E-state index contributed by atoms with van der Waals surface area (Å²) in [6.07, 6.45) is -5.03. The van der Waals surface area contributed by atoms with E-state index in [9.17, 15) is 13.2 Å². The van der Waals surface area contributed by atoms with Crippen LogP contribution in [0.15, 0.2) is 15.9 Å². The summed E-state index contributed by atoms with van der Waals surface area (Å²) in [6.45, 7) is 0. The highest BCUT2D eigenvalue weighted by molar-refractivity contribution is 9.11. The molecule has 1 aromatic heterocycles.